The minimum atomic E-state index is -2.02. The predicted molar refractivity (Wildman–Crippen MR) is 204 cm³/mol. The second kappa shape index (κ2) is 11.1. The molecule has 2 aromatic carbocycles. The molecule has 0 radical (unpaired) electrons. The number of allylic oxidation sites excluding steroid dienone is 2. The third-order valence-electron chi connectivity index (χ3n) is 6.89. The number of hydrogen-bond donors (Lipinski definition) is 0. The lowest BCUT2D eigenvalue weighted by Gasteiger charge is -2.46. The monoisotopic (exact) mass is 692 g/mol. The van der Waals surface area contributed by atoms with Crippen molar-refractivity contribution in [2.75, 3.05) is 53.3 Å². The fourth-order valence-corrected chi connectivity index (χ4v) is 15.9. The Kier molecular flexibility index (Phi) is 9.65. The molecule has 0 saturated carbocycles. The van der Waals surface area contributed by atoms with Gasteiger partial charge >= 0.3 is 0 Å². The topological polar surface area (TPSA) is 9.23 Å². The minimum absolute atomic E-state index is 0.770. The molecule has 11 heteroatoms. The van der Waals surface area contributed by atoms with Gasteiger partial charge in [-0.25, -0.2) is 0 Å². The van der Waals surface area contributed by atoms with Crippen LogP contribution in [0.2, 0.25) is 0 Å². The average molecular weight is 693 g/mol. The van der Waals surface area contributed by atoms with Gasteiger partial charge in [0.25, 0.3) is 0 Å². The van der Waals surface area contributed by atoms with Crippen LogP contribution in [0, 0.1) is 0 Å². The maximum Gasteiger partial charge on any atom is 0.193 e. The Morgan fingerprint density at radius 1 is 0.658 bits per heavy atom. The zero-order valence-corrected chi connectivity index (χ0v) is 32.1. The molecule has 1 nitrogen and oxygen atoms in total. The summed E-state index contributed by atoms with van der Waals surface area (Å²) in [6.45, 7) is 26.8. The van der Waals surface area contributed by atoms with E-state index in [0.29, 0.717) is 0 Å². The first-order chi connectivity index (χ1) is 17.1. The third kappa shape index (κ3) is 5.93. The molecule has 1 aliphatic rings. The smallest absolute Gasteiger partial charge is 0.193 e. The normalized spacial score (nSPS) is 16.0. The van der Waals surface area contributed by atoms with E-state index in [1.54, 1.807) is 0 Å². The summed E-state index contributed by atoms with van der Waals surface area (Å²) >= 11 is 24.5. The summed E-state index contributed by atoms with van der Waals surface area (Å²) in [5.74, 6) is 1.65. The standard InChI is InChI=1S/C27H38OP6S4/c1-19(31(5,6)35)27(20(2)32(7,8)36)21-15-13-17-23(29(3)33(9,10)37)25(21)28-26-22(27)16-14-18-24(26)30(4)34(11,12)38/h13-18H,1-4H2,5-12H3/q+2. The van der Waals surface area contributed by atoms with Crippen LogP contribution in [0.15, 0.2) is 60.2 Å². The zero-order chi connectivity index (χ0) is 29.2. The van der Waals surface area contributed by atoms with Crippen LogP contribution >= 0.6 is 38.0 Å². The summed E-state index contributed by atoms with van der Waals surface area (Å²) in [6.07, 6.45) is 9.23. The molecule has 0 bridgehead atoms. The van der Waals surface area contributed by atoms with Crippen LogP contribution < -0.4 is 15.3 Å². The molecule has 2 unspecified atom stereocenters. The number of para-hydroxylation sites is 2. The number of fused-ring (bicyclic) bond motifs is 2. The number of ether oxygens (including phenoxy) is 1. The zero-order valence-electron chi connectivity index (χ0n) is 23.5. The molecule has 0 N–H and O–H groups in total. The summed E-state index contributed by atoms with van der Waals surface area (Å²) in [5.41, 5.74) is -2.14. The van der Waals surface area contributed by atoms with Crippen LogP contribution in [-0.4, -0.2) is 65.9 Å². The van der Waals surface area contributed by atoms with Crippen molar-refractivity contribution in [1.82, 2.24) is 0 Å². The van der Waals surface area contributed by atoms with Crippen LogP contribution in [0.4, 0.5) is 0 Å². The van der Waals surface area contributed by atoms with E-state index in [4.69, 9.17) is 65.1 Å². The summed E-state index contributed by atoms with van der Waals surface area (Å²) < 4.78 is 7.02. The average Bonchev–Trinajstić information content (AvgIpc) is 2.77. The van der Waals surface area contributed by atoms with E-state index in [9.17, 15) is 0 Å². The fraction of sp³-hybridized carbons (Fsp3) is 0.333. The maximum absolute atomic E-state index is 7.02. The molecular formula is C27H38OP6S4+2. The first kappa shape index (κ1) is 33.2. The molecule has 0 fully saturated rings. The van der Waals surface area contributed by atoms with Gasteiger partial charge in [-0.1, -0.05) is 61.0 Å². The van der Waals surface area contributed by atoms with Gasteiger partial charge < -0.3 is 4.74 Å². The van der Waals surface area contributed by atoms with Crippen molar-refractivity contribution in [1.29, 1.82) is 0 Å². The summed E-state index contributed by atoms with van der Waals surface area (Å²) in [6, 6.07) is 8.72. The van der Waals surface area contributed by atoms with Crippen LogP contribution in [0.5, 0.6) is 11.5 Å². The second-order valence-corrected chi connectivity index (χ2v) is 46.8. The largest absolute Gasteiger partial charge is 0.447 e. The van der Waals surface area contributed by atoms with Gasteiger partial charge in [-0.3, -0.25) is 0 Å². The summed E-state index contributed by atoms with van der Waals surface area (Å²) in [7, 11) is -1.74. The van der Waals surface area contributed by atoms with Crippen LogP contribution in [0.25, 0.3) is 0 Å². The minimum Gasteiger partial charge on any atom is -0.447 e. The highest BCUT2D eigenvalue weighted by atomic mass is 32.6. The molecule has 204 valence electrons. The molecule has 0 saturated heterocycles. The molecule has 0 amide bonds. The maximum atomic E-state index is 7.02. The third-order valence-corrected chi connectivity index (χ3v) is 27.4. The molecule has 38 heavy (non-hydrogen) atoms. The lowest BCUT2D eigenvalue weighted by molar-refractivity contribution is 0.445. The highest BCUT2D eigenvalue weighted by Gasteiger charge is 2.53. The van der Waals surface area contributed by atoms with E-state index in [1.165, 1.54) is 0 Å². The van der Waals surface area contributed by atoms with Gasteiger partial charge in [0.05, 0.1) is 18.0 Å². The van der Waals surface area contributed by atoms with Crippen LogP contribution in [0.3, 0.4) is 0 Å². The van der Waals surface area contributed by atoms with Gasteiger partial charge in [-0.05, 0) is 85.1 Å². The molecule has 1 heterocycles. The van der Waals surface area contributed by atoms with E-state index in [1.807, 2.05) is 0 Å². The Morgan fingerprint density at radius 2 is 0.974 bits per heavy atom. The van der Waals surface area contributed by atoms with Crippen molar-refractivity contribution in [3.05, 3.63) is 71.3 Å². The highest BCUT2D eigenvalue weighted by Crippen LogP contribution is 2.72. The van der Waals surface area contributed by atoms with Gasteiger partial charge in [-0.15, -0.1) is 0 Å². The molecule has 1 aliphatic heterocycles. The van der Waals surface area contributed by atoms with Gasteiger partial charge in [0.15, 0.2) is 36.6 Å². The highest BCUT2D eigenvalue weighted by molar-refractivity contribution is 8.53. The van der Waals surface area contributed by atoms with Crippen molar-refractivity contribution in [3.63, 3.8) is 0 Å². The Labute approximate surface area is 252 Å². The van der Waals surface area contributed by atoms with Crippen molar-refractivity contribution >= 4 is 108 Å². The number of hydrogen-bond acceptors (Lipinski definition) is 5. The molecule has 2 atom stereocenters. The van der Waals surface area contributed by atoms with Gasteiger partial charge in [0, 0.05) is 37.8 Å². The van der Waals surface area contributed by atoms with Gasteiger partial charge in [0.2, 0.25) is 0 Å². The first-order valence-electron chi connectivity index (χ1n) is 11.8. The van der Waals surface area contributed by atoms with Crippen LogP contribution in [0.1, 0.15) is 11.1 Å². The van der Waals surface area contributed by atoms with Crippen LogP contribution in [-0.2, 0) is 52.6 Å². The van der Waals surface area contributed by atoms with Crippen molar-refractivity contribution < 1.29 is 4.74 Å². The molecule has 0 aliphatic carbocycles. The molecule has 0 aromatic heterocycles. The van der Waals surface area contributed by atoms with Crippen molar-refractivity contribution in [2.24, 2.45) is 0 Å². The molecular weight excluding hydrogens is 654 g/mol. The fourth-order valence-electron chi connectivity index (χ4n) is 4.62. The van der Waals surface area contributed by atoms with E-state index in [0.717, 1.165) is 43.9 Å². The van der Waals surface area contributed by atoms with Crippen molar-refractivity contribution in [3.8, 4) is 11.5 Å². The second-order valence-electron chi connectivity index (χ2n) is 11.1. The Balaban J connectivity index is 2.69. The lowest BCUT2D eigenvalue weighted by Crippen LogP contribution is -2.37. The summed E-state index contributed by atoms with van der Waals surface area (Å²) in [5, 5.41) is 4.14. The predicted octanol–water partition coefficient (Wildman–Crippen LogP) is 8.97. The Morgan fingerprint density at radius 3 is 1.24 bits per heavy atom. The Bertz CT molecular complexity index is 1490. The summed E-state index contributed by atoms with van der Waals surface area (Å²) in [4.78, 5) is 0. The molecule has 3 rings (SSSR count). The van der Waals surface area contributed by atoms with E-state index >= 15 is 0 Å². The number of rotatable bonds is 8. The van der Waals surface area contributed by atoms with E-state index < -0.39 is 43.4 Å². The lowest BCUT2D eigenvalue weighted by atomic mass is 9.72. The number of benzene rings is 2. The van der Waals surface area contributed by atoms with Crippen molar-refractivity contribution in [2.45, 2.75) is 5.41 Å². The molecule has 2 aromatic rings. The molecule has 0 spiro atoms. The quantitative estimate of drug-likeness (QED) is 0.255. The van der Waals surface area contributed by atoms with E-state index in [-0.39, 0.29) is 0 Å². The van der Waals surface area contributed by atoms with Gasteiger partial charge in [0.1, 0.15) is 11.5 Å². The van der Waals surface area contributed by atoms with Gasteiger partial charge in [-0.2, -0.15) is 0 Å². The first-order valence-corrected chi connectivity index (χ1v) is 31.1. The van der Waals surface area contributed by atoms with E-state index in [2.05, 4.69) is 102 Å². The Hall–Kier alpha value is 0.660. The SMILES string of the molecule is C=C(C1(C(=C)P(C)(C)=S)c2cccc([P+](=C)P(C)(C)=S)c2Oc2c([P+](=C)P(C)(C)=S)cccc21)P(C)(C)=S.